The van der Waals surface area contributed by atoms with Crippen LogP contribution < -0.4 is 9.47 Å². The molecule has 3 atom stereocenters. The number of benzene rings is 2. The number of unbranched alkanes of at least 4 members (excludes halogenated alkanes) is 1. The van der Waals surface area contributed by atoms with Crippen LogP contribution in [-0.2, 0) is 14.3 Å². The highest BCUT2D eigenvalue weighted by atomic mass is 16.9. The van der Waals surface area contributed by atoms with Gasteiger partial charge < -0.3 is 24.5 Å². The van der Waals surface area contributed by atoms with Gasteiger partial charge in [0.2, 0.25) is 5.78 Å². The third-order valence-electron chi connectivity index (χ3n) is 5.23. The Morgan fingerprint density at radius 1 is 1.00 bits per heavy atom. The van der Waals surface area contributed by atoms with Gasteiger partial charge >= 0.3 is 5.97 Å². The van der Waals surface area contributed by atoms with Gasteiger partial charge in [-0.15, -0.1) is 0 Å². The van der Waals surface area contributed by atoms with Crippen LogP contribution in [0.3, 0.4) is 0 Å². The third kappa shape index (κ3) is 10.4. The van der Waals surface area contributed by atoms with E-state index in [0.29, 0.717) is 30.9 Å². The first-order valence-electron chi connectivity index (χ1n) is 11.8. The van der Waals surface area contributed by atoms with Crippen molar-refractivity contribution in [2.45, 2.75) is 51.2 Å². The van der Waals surface area contributed by atoms with Crippen LogP contribution in [0.15, 0.2) is 54.6 Å². The Balaban J connectivity index is 1.92. The molecular weight excluding hydrogens is 454 g/mol. The van der Waals surface area contributed by atoms with Gasteiger partial charge in [0.1, 0.15) is 18.5 Å². The summed E-state index contributed by atoms with van der Waals surface area (Å²) in [6, 6.07) is 16.6. The molecule has 0 aliphatic rings. The topological polar surface area (TPSA) is 125 Å². The van der Waals surface area contributed by atoms with Crippen LogP contribution in [0.25, 0.3) is 0 Å². The van der Waals surface area contributed by atoms with Gasteiger partial charge in [0.25, 0.3) is 6.23 Å². The van der Waals surface area contributed by atoms with Crippen LogP contribution in [0.4, 0.5) is 0 Å². The van der Waals surface area contributed by atoms with Crippen LogP contribution in [0, 0.1) is 5.21 Å². The Bertz CT molecular complexity index is 913. The van der Waals surface area contributed by atoms with Crippen LogP contribution in [0.1, 0.15) is 50.5 Å². The van der Waals surface area contributed by atoms with Crippen molar-refractivity contribution in [2.24, 2.45) is 0 Å². The summed E-state index contributed by atoms with van der Waals surface area (Å²) >= 11 is 0. The predicted octanol–water partition coefficient (Wildman–Crippen LogP) is 4.53. The summed E-state index contributed by atoms with van der Waals surface area (Å²) < 4.78 is 17.0. The van der Waals surface area contributed by atoms with Gasteiger partial charge in [-0.25, -0.2) is 5.21 Å². The predicted molar refractivity (Wildman–Crippen MR) is 129 cm³/mol. The number of carboxylic acids is 1. The average Bonchev–Trinajstić information content (AvgIpc) is 2.80. The Hall–Kier alpha value is -2.98. The summed E-state index contributed by atoms with van der Waals surface area (Å²) in [5.41, 5.74) is 0.636. The van der Waals surface area contributed by atoms with Gasteiger partial charge in [0.05, 0.1) is 26.2 Å². The van der Waals surface area contributed by atoms with Gasteiger partial charge in [-0.3, -0.25) is 9.59 Å². The number of ether oxygens (including phenoxy) is 3. The number of carbonyl (C=O) groups excluding carboxylic acids is 1. The van der Waals surface area contributed by atoms with Crippen LogP contribution in [0.2, 0.25) is 0 Å². The summed E-state index contributed by atoms with van der Waals surface area (Å²) in [5, 5.41) is 31.2. The number of carboxylic acid groups (broad SMARTS) is 1. The number of carbonyl (C=O) groups is 2. The molecule has 0 amide bonds. The Morgan fingerprint density at radius 2 is 1.63 bits per heavy atom. The molecule has 0 spiro atoms. The minimum absolute atomic E-state index is 0.0740. The van der Waals surface area contributed by atoms with Crippen molar-refractivity contribution < 1.29 is 38.9 Å². The van der Waals surface area contributed by atoms with E-state index in [2.05, 4.69) is 0 Å². The summed E-state index contributed by atoms with van der Waals surface area (Å²) in [4.78, 5) is 21.8. The van der Waals surface area contributed by atoms with Crippen LogP contribution >= 0.6 is 0 Å². The molecule has 0 saturated carbocycles. The lowest BCUT2D eigenvalue weighted by atomic mass is 9.96. The molecule has 0 heterocycles. The molecule has 9 nitrogen and oxygen atoms in total. The van der Waals surface area contributed by atoms with Crippen molar-refractivity contribution in [3.05, 3.63) is 65.4 Å². The fourth-order valence-corrected chi connectivity index (χ4v) is 3.52. The molecule has 2 aromatic rings. The normalized spacial score (nSPS) is 14.5. The monoisotopic (exact) mass is 489 g/mol. The van der Waals surface area contributed by atoms with Crippen molar-refractivity contribution in [3.8, 4) is 11.5 Å². The maximum Gasteiger partial charge on any atom is 0.304 e. The summed E-state index contributed by atoms with van der Waals surface area (Å²) in [6.45, 7) is 2.59. The van der Waals surface area contributed by atoms with Gasteiger partial charge in [-0.2, -0.15) is 4.81 Å². The highest BCUT2D eigenvalue weighted by Gasteiger charge is 2.33. The Kier molecular flexibility index (Phi) is 11.6. The number of para-hydroxylation sites is 1. The van der Waals surface area contributed by atoms with Gasteiger partial charge in [0.15, 0.2) is 0 Å². The van der Waals surface area contributed by atoms with E-state index in [4.69, 9.17) is 14.2 Å². The molecule has 0 aromatic heterocycles. The van der Waals surface area contributed by atoms with E-state index in [0.717, 1.165) is 25.6 Å². The molecule has 192 valence electrons. The number of Topliss-reactive ketones (excluding diaryl/α,β-unsaturated/α-hetero) is 1. The van der Waals surface area contributed by atoms with Gasteiger partial charge in [-0.05, 0) is 49.1 Å². The fraction of sp³-hybridized carbons (Fsp3) is 0.462. The van der Waals surface area contributed by atoms with Crippen molar-refractivity contribution in [1.82, 2.24) is 0 Å². The van der Waals surface area contributed by atoms with Crippen LogP contribution in [-0.4, -0.2) is 60.0 Å². The minimum Gasteiger partial charge on any atom is -0.596 e. The molecule has 2 N–H and O–H groups in total. The van der Waals surface area contributed by atoms with E-state index >= 15 is 0 Å². The van der Waals surface area contributed by atoms with Gasteiger partial charge in [-0.1, -0.05) is 37.3 Å². The standard InChI is InChI=1S/C26H35NO8/c1-3-10-24(28)26(27(2,31)32)35-19-21(18-25(29)30)20-11-9-14-23(17-20)34-16-8-7-15-33-22-12-5-4-6-13-22/h4-6,9,11-14,17,21,26,31H,3,7-8,10,15-16,18-19H2,1-2H3,(H,29,30). The lowest BCUT2D eigenvalue weighted by molar-refractivity contribution is -1.08. The van der Waals surface area contributed by atoms with E-state index < -0.39 is 28.7 Å². The van der Waals surface area contributed by atoms with E-state index in [1.54, 1.807) is 31.2 Å². The first-order valence-corrected chi connectivity index (χ1v) is 11.8. The molecule has 9 heteroatoms. The molecule has 2 aromatic carbocycles. The van der Waals surface area contributed by atoms with Crippen molar-refractivity contribution in [3.63, 3.8) is 0 Å². The maximum atomic E-state index is 12.2. The zero-order valence-electron chi connectivity index (χ0n) is 20.3. The molecule has 3 unspecified atom stereocenters. The molecule has 2 rings (SSSR count). The van der Waals surface area contributed by atoms with E-state index in [1.807, 2.05) is 30.3 Å². The van der Waals surface area contributed by atoms with Gasteiger partial charge in [0, 0.05) is 12.3 Å². The smallest absolute Gasteiger partial charge is 0.304 e. The largest absolute Gasteiger partial charge is 0.596 e. The number of ketones is 1. The zero-order valence-corrected chi connectivity index (χ0v) is 20.3. The maximum absolute atomic E-state index is 12.2. The molecule has 0 aliphatic carbocycles. The number of aliphatic carboxylic acids is 1. The van der Waals surface area contributed by atoms with Crippen LogP contribution in [0.5, 0.6) is 11.5 Å². The highest BCUT2D eigenvalue weighted by Crippen LogP contribution is 2.26. The summed E-state index contributed by atoms with van der Waals surface area (Å²) in [7, 11) is 0.907. The highest BCUT2D eigenvalue weighted by molar-refractivity contribution is 5.81. The Morgan fingerprint density at radius 3 is 2.23 bits per heavy atom. The minimum atomic E-state index is -1.92. The number of likely N-dealkylation sites (N-methyl/N-ethyl adjacent to an activating group) is 1. The van der Waals surface area contributed by atoms with Crippen molar-refractivity contribution in [2.75, 3.05) is 26.9 Å². The molecule has 0 saturated heterocycles. The molecule has 0 fully saturated rings. The first kappa shape index (κ1) is 28.3. The number of rotatable bonds is 17. The number of quaternary nitrogens is 1. The lowest BCUT2D eigenvalue weighted by Gasteiger charge is -2.36. The molecule has 35 heavy (non-hydrogen) atoms. The van der Waals surface area contributed by atoms with E-state index in [-0.39, 0.29) is 19.4 Å². The number of nitrogens with zero attached hydrogens (tertiary/aromatic N) is 1. The number of hydroxylamine groups is 4. The van der Waals surface area contributed by atoms with Crippen molar-refractivity contribution >= 4 is 11.8 Å². The SMILES string of the molecule is CCCC(=O)C(OCC(CC(=O)O)c1cccc(OCCCCOc2ccccc2)c1)[N+](C)([O-])O. The number of hydrogen-bond donors (Lipinski definition) is 2. The summed E-state index contributed by atoms with van der Waals surface area (Å²) in [5.74, 6) is -0.826. The molecule has 0 bridgehead atoms. The quantitative estimate of drug-likeness (QED) is 0.144. The Labute approximate surface area is 206 Å². The third-order valence-corrected chi connectivity index (χ3v) is 5.23. The molecule has 0 radical (unpaired) electrons. The van der Waals surface area contributed by atoms with E-state index in [1.165, 1.54) is 0 Å². The second-order valence-electron chi connectivity index (χ2n) is 8.43. The average molecular weight is 490 g/mol. The van der Waals surface area contributed by atoms with Crippen molar-refractivity contribution in [1.29, 1.82) is 0 Å². The molecule has 0 aliphatic heterocycles. The lowest BCUT2D eigenvalue weighted by Crippen LogP contribution is -2.51. The first-order chi connectivity index (χ1) is 16.7. The second kappa shape index (κ2) is 14.4. The second-order valence-corrected chi connectivity index (χ2v) is 8.43. The van der Waals surface area contributed by atoms with E-state index in [9.17, 15) is 25.1 Å². The number of hydrogen-bond acceptors (Lipinski definition) is 7. The fourth-order valence-electron chi connectivity index (χ4n) is 3.52. The zero-order chi connectivity index (χ0) is 25.7. The molecular formula is C26H35NO8. The summed E-state index contributed by atoms with van der Waals surface area (Å²) in [6.07, 6.45) is 0.243.